The zero-order chi connectivity index (χ0) is 23.3. The molecule has 1 aliphatic carbocycles. The number of sulfonamides is 1. The van der Waals surface area contributed by atoms with Crippen molar-refractivity contribution in [3.05, 3.63) is 53.0 Å². The number of hydrogen-bond donors (Lipinski definition) is 1. The summed E-state index contributed by atoms with van der Waals surface area (Å²) in [6, 6.07) is 10.5. The van der Waals surface area contributed by atoms with E-state index in [-0.39, 0.29) is 10.1 Å². The summed E-state index contributed by atoms with van der Waals surface area (Å²) in [4.78, 5) is 18.3. The number of nitrogens with zero attached hydrogens (tertiary/aromatic N) is 4. The van der Waals surface area contributed by atoms with Crippen LogP contribution in [0.4, 0.5) is 5.82 Å². The van der Waals surface area contributed by atoms with Crippen molar-refractivity contribution in [2.75, 3.05) is 11.9 Å². The molecule has 1 amide bonds. The quantitative estimate of drug-likeness (QED) is 0.431. The van der Waals surface area contributed by atoms with Gasteiger partial charge in [0.25, 0.3) is 10.0 Å². The first-order chi connectivity index (χ1) is 16.5. The van der Waals surface area contributed by atoms with Gasteiger partial charge < -0.3 is 5.32 Å². The Bertz CT molecular complexity index is 1440. The first-order valence-electron chi connectivity index (χ1n) is 11.4. The fourth-order valence-electron chi connectivity index (χ4n) is 4.79. The van der Waals surface area contributed by atoms with Crippen LogP contribution in [0.3, 0.4) is 0 Å². The third kappa shape index (κ3) is 3.67. The van der Waals surface area contributed by atoms with Gasteiger partial charge in [-0.05, 0) is 55.7 Å². The van der Waals surface area contributed by atoms with Crippen LogP contribution < -0.4 is 5.32 Å². The summed E-state index contributed by atoms with van der Waals surface area (Å²) in [6.07, 6.45) is 4.73. The predicted octanol–water partition coefficient (Wildman–Crippen LogP) is 4.21. The maximum absolute atomic E-state index is 13.6. The van der Waals surface area contributed by atoms with E-state index < -0.39 is 16.1 Å². The van der Waals surface area contributed by atoms with Gasteiger partial charge in [-0.15, -0.1) is 11.3 Å². The van der Waals surface area contributed by atoms with E-state index in [1.165, 1.54) is 27.0 Å². The second-order valence-corrected chi connectivity index (χ2v) is 12.6. The molecule has 1 saturated heterocycles. The van der Waals surface area contributed by atoms with Crippen LogP contribution in [0.1, 0.15) is 36.9 Å². The van der Waals surface area contributed by atoms with Gasteiger partial charge in [-0.3, -0.25) is 4.79 Å². The van der Waals surface area contributed by atoms with E-state index in [4.69, 9.17) is 10.1 Å². The van der Waals surface area contributed by atoms with Gasteiger partial charge in [-0.25, -0.2) is 13.4 Å². The van der Waals surface area contributed by atoms with Crippen molar-refractivity contribution in [3.8, 4) is 5.13 Å². The fourth-order valence-corrected chi connectivity index (χ4v) is 8.49. The highest BCUT2D eigenvalue weighted by atomic mass is 32.2. The number of carbonyl (C=O) groups is 1. The highest BCUT2D eigenvalue weighted by Crippen LogP contribution is 2.35. The molecule has 4 aromatic rings. The number of fused-ring (bicyclic) bond motifs is 2. The number of amides is 1. The van der Waals surface area contributed by atoms with Gasteiger partial charge >= 0.3 is 0 Å². The number of hydrogen-bond acceptors (Lipinski definition) is 7. The number of aryl methyl sites for hydroxylation is 1. The molecule has 8 nitrogen and oxygen atoms in total. The van der Waals surface area contributed by atoms with E-state index in [0.29, 0.717) is 23.9 Å². The lowest BCUT2D eigenvalue weighted by Gasteiger charge is -2.33. The molecule has 176 valence electrons. The van der Waals surface area contributed by atoms with Gasteiger partial charge in [0.1, 0.15) is 16.1 Å². The van der Waals surface area contributed by atoms with E-state index in [1.54, 1.807) is 22.2 Å². The highest BCUT2D eigenvalue weighted by molar-refractivity contribution is 7.91. The second kappa shape index (κ2) is 8.56. The molecule has 0 saturated carbocycles. The molecule has 1 fully saturated rings. The third-order valence-corrected chi connectivity index (χ3v) is 10.7. The molecule has 4 heterocycles. The number of nitrogens with one attached hydrogen (secondary N) is 1. The summed E-state index contributed by atoms with van der Waals surface area (Å²) in [5, 5.41) is 10.3. The van der Waals surface area contributed by atoms with Crippen molar-refractivity contribution < 1.29 is 13.2 Å². The maximum Gasteiger partial charge on any atom is 0.253 e. The van der Waals surface area contributed by atoms with E-state index in [9.17, 15) is 13.2 Å². The van der Waals surface area contributed by atoms with Gasteiger partial charge in [0.15, 0.2) is 0 Å². The molecule has 1 unspecified atom stereocenters. The van der Waals surface area contributed by atoms with Crippen molar-refractivity contribution in [2.24, 2.45) is 0 Å². The Balaban J connectivity index is 1.35. The lowest BCUT2D eigenvalue weighted by Crippen LogP contribution is -2.49. The normalized spacial score (nSPS) is 18.9. The Kier molecular flexibility index (Phi) is 5.51. The molecule has 1 aromatic carbocycles. The number of thiazole rings is 1. The number of rotatable bonds is 5. The smallest absolute Gasteiger partial charge is 0.253 e. The van der Waals surface area contributed by atoms with Crippen LogP contribution in [0, 0.1) is 0 Å². The molecule has 1 atom stereocenters. The van der Waals surface area contributed by atoms with Gasteiger partial charge in [-0.2, -0.15) is 14.1 Å². The van der Waals surface area contributed by atoms with Gasteiger partial charge in [-0.1, -0.05) is 36.0 Å². The summed E-state index contributed by atoms with van der Waals surface area (Å²) in [5.41, 5.74) is 2.88. The first kappa shape index (κ1) is 21.9. The molecule has 0 radical (unpaired) electrons. The first-order valence-corrected chi connectivity index (χ1v) is 14.5. The SMILES string of the molecule is O=C(Nc1c2c(nn1-c1nc3ccccc3s1)CCC2)C1CCCCN1S(=O)(=O)c1cccs1. The standard InChI is InChI=1S/C23H23N5O3S3/c29-22(18-10-3-4-13-27(18)34(30,31)20-12-6-14-32-20)25-21-15-7-5-9-16(15)26-28(21)23-24-17-8-1-2-11-19(17)33-23/h1-2,6,8,11-12,14,18H,3-5,7,9-10,13H2,(H,25,29). The molecular weight excluding hydrogens is 490 g/mol. The third-order valence-electron chi connectivity index (χ3n) is 6.43. The second-order valence-electron chi connectivity index (χ2n) is 8.55. The van der Waals surface area contributed by atoms with Crippen molar-refractivity contribution >= 4 is 54.6 Å². The average molecular weight is 514 g/mol. The lowest BCUT2D eigenvalue weighted by molar-refractivity contribution is -0.120. The van der Waals surface area contributed by atoms with Crippen molar-refractivity contribution in [3.63, 3.8) is 0 Å². The minimum Gasteiger partial charge on any atom is -0.309 e. The Morgan fingerprint density at radius 1 is 1.09 bits per heavy atom. The highest BCUT2D eigenvalue weighted by Gasteiger charge is 2.39. The molecule has 11 heteroatoms. The number of benzene rings is 1. The Hall–Kier alpha value is -2.60. The molecule has 34 heavy (non-hydrogen) atoms. The number of thiophene rings is 1. The zero-order valence-electron chi connectivity index (χ0n) is 18.3. The fraction of sp³-hybridized carbons (Fsp3) is 0.348. The molecule has 1 aliphatic heterocycles. The maximum atomic E-state index is 13.6. The molecule has 0 bridgehead atoms. The molecule has 0 spiro atoms. The van der Waals surface area contributed by atoms with Gasteiger partial charge in [0.2, 0.25) is 11.0 Å². The number of anilines is 1. The molecule has 2 aliphatic rings. The Morgan fingerprint density at radius 2 is 1.97 bits per heavy atom. The van der Waals surface area contributed by atoms with Crippen molar-refractivity contribution in [1.82, 2.24) is 19.1 Å². The van der Waals surface area contributed by atoms with Crippen LogP contribution in [0.25, 0.3) is 15.3 Å². The van der Waals surface area contributed by atoms with E-state index in [2.05, 4.69) is 5.32 Å². The minimum atomic E-state index is -3.72. The topological polar surface area (TPSA) is 97.2 Å². The largest absolute Gasteiger partial charge is 0.309 e. The van der Waals surface area contributed by atoms with Crippen molar-refractivity contribution in [1.29, 1.82) is 0 Å². The summed E-state index contributed by atoms with van der Waals surface area (Å²) < 4.78 is 31.0. The number of para-hydroxylation sites is 1. The summed E-state index contributed by atoms with van der Waals surface area (Å²) in [6.45, 7) is 0.341. The average Bonchev–Trinajstić information content (AvgIpc) is 3.63. The van der Waals surface area contributed by atoms with Crippen LogP contribution in [-0.4, -0.2) is 46.0 Å². The van der Waals surface area contributed by atoms with Crippen LogP contribution in [0.2, 0.25) is 0 Å². The van der Waals surface area contributed by atoms with E-state index >= 15 is 0 Å². The molecular formula is C23H23N5O3S3. The zero-order valence-corrected chi connectivity index (χ0v) is 20.8. The summed E-state index contributed by atoms with van der Waals surface area (Å²) >= 11 is 2.70. The van der Waals surface area contributed by atoms with Crippen LogP contribution >= 0.6 is 22.7 Å². The van der Waals surface area contributed by atoms with Gasteiger partial charge in [0.05, 0.1) is 15.9 Å². The Labute approximate surface area is 205 Å². The van der Waals surface area contributed by atoms with Crippen molar-refractivity contribution in [2.45, 2.75) is 48.8 Å². The van der Waals surface area contributed by atoms with Gasteiger partial charge in [0, 0.05) is 12.1 Å². The monoisotopic (exact) mass is 513 g/mol. The van der Waals surface area contributed by atoms with Crippen LogP contribution in [-0.2, 0) is 27.7 Å². The molecule has 1 N–H and O–H groups in total. The summed E-state index contributed by atoms with van der Waals surface area (Å²) in [7, 11) is -3.72. The molecule has 3 aromatic heterocycles. The number of aromatic nitrogens is 3. The predicted molar refractivity (Wildman–Crippen MR) is 133 cm³/mol. The lowest BCUT2D eigenvalue weighted by atomic mass is 10.0. The van der Waals surface area contributed by atoms with Crippen LogP contribution in [0.15, 0.2) is 46.0 Å². The number of carbonyl (C=O) groups excluding carboxylic acids is 1. The Morgan fingerprint density at radius 3 is 2.79 bits per heavy atom. The number of piperidine rings is 1. The summed E-state index contributed by atoms with van der Waals surface area (Å²) in [5.74, 6) is 0.312. The van der Waals surface area contributed by atoms with E-state index in [0.717, 1.165) is 53.6 Å². The minimum absolute atomic E-state index is 0.271. The molecule has 6 rings (SSSR count). The van der Waals surface area contributed by atoms with Crippen LogP contribution in [0.5, 0.6) is 0 Å². The van der Waals surface area contributed by atoms with E-state index in [1.807, 2.05) is 24.3 Å².